The van der Waals surface area contributed by atoms with Gasteiger partial charge < -0.3 is 4.90 Å². The minimum Gasteiger partial charge on any atom is -0.308 e. The van der Waals surface area contributed by atoms with Gasteiger partial charge in [-0.05, 0) is 54.4 Å². The largest absolute Gasteiger partial charge is 0.308 e. The Bertz CT molecular complexity index is 917. The Labute approximate surface area is 178 Å². The van der Waals surface area contributed by atoms with Gasteiger partial charge in [-0.15, -0.1) is 0 Å². The van der Waals surface area contributed by atoms with Crippen LogP contribution in [0.1, 0.15) is 69.6 Å². The van der Waals surface area contributed by atoms with Crippen molar-refractivity contribution in [3.63, 3.8) is 0 Å². The Balaban J connectivity index is 1.67. The van der Waals surface area contributed by atoms with Gasteiger partial charge in [0.05, 0.1) is 0 Å². The number of amides is 1. The normalized spacial score (nSPS) is 19.0. The lowest BCUT2D eigenvalue weighted by molar-refractivity contribution is -0.129. The summed E-state index contributed by atoms with van der Waals surface area (Å²) in [6.07, 6.45) is 5.33. The molecule has 1 fully saturated rings. The lowest BCUT2D eigenvalue weighted by atomic mass is 9.86. The highest BCUT2D eigenvalue weighted by molar-refractivity contribution is 6.46. The van der Waals surface area contributed by atoms with Gasteiger partial charge >= 0.3 is 0 Å². The van der Waals surface area contributed by atoms with Crippen molar-refractivity contribution in [1.82, 2.24) is 4.90 Å². The van der Waals surface area contributed by atoms with Gasteiger partial charge in [0.2, 0.25) is 0 Å². The molecule has 1 saturated carbocycles. The molecule has 4 heteroatoms. The molecular weight excluding hydrogens is 380 g/mol. The maximum Gasteiger partial charge on any atom is 0.274 e. The van der Waals surface area contributed by atoms with Crippen molar-refractivity contribution in [1.29, 1.82) is 0 Å². The first-order valence-electron chi connectivity index (χ1n) is 10.6. The van der Waals surface area contributed by atoms with Gasteiger partial charge in [-0.1, -0.05) is 75.2 Å². The number of nitrogens with zero attached hydrogens (tertiary/aromatic N) is 2. The lowest BCUT2D eigenvalue weighted by Gasteiger charge is -2.39. The van der Waals surface area contributed by atoms with E-state index in [1.165, 1.54) is 12.0 Å². The summed E-state index contributed by atoms with van der Waals surface area (Å²) < 4.78 is 0. The van der Waals surface area contributed by atoms with Crippen LogP contribution in [0.5, 0.6) is 0 Å². The van der Waals surface area contributed by atoms with E-state index < -0.39 is 5.66 Å². The van der Waals surface area contributed by atoms with Crippen molar-refractivity contribution < 1.29 is 4.79 Å². The number of hydrogen-bond donors (Lipinski definition) is 0. The van der Waals surface area contributed by atoms with Crippen molar-refractivity contribution >= 4 is 23.2 Å². The number of carbonyl (C=O) groups excluding carboxylic acids is 1. The van der Waals surface area contributed by atoms with E-state index in [2.05, 4.69) is 45.0 Å². The van der Waals surface area contributed by atoms with Crippen LogP contribution in [-0.4, -0.2) is 22.2 Å². The second-order valence-corrected chi connectivity index (χ2v) is 9.79. The first-order chi connectivity index (χ1) is 13.8. The van der Waals surface area contributed by atoms with Crippen LogP contribution < -0.4 is 0 Å². The molecule has 3 nitrogen and oxygen atoms in total. The van der Waals surface area contributed by atoms with E-state index >= 15 is 0 Å². The Hall–Kier alpha value is -2.13. The summed E-state index contributed by atoms with van der Waals surface area (Å²) in [5, 5.41) is 0.713. The molecule has 1 aliphatic heterocycles. The summed E-state index contributed by atoms with van der Waals surface area (Å²) in [7, 11) is 0. The van der Waals surface area contributed by atoms with Crippen LogP contribution in [0.3, 0.4) is 0 Å². The second-order valence-electron chi connectivity index (χ2n) is 9.35. The van der Waals surface area contributed by atoms with Crippen LogP contribution in [0, 0.1) is 0 Å². The average molecular weight is 409 g/mol. The molecule has 1 amide bonds. The number of rotatable bonds is 3. The predicted octanol–water partition coefficient (Wildman–Crippen LogP) is 6.13. The van der Waals surface area contributed by atoms with E-state index in [0.29, 0.717) is 17.3 Å². The maximum atomic E-state index is 13.5. The van der Waals surface area contributed by atoms with E-state index in [0.717, 1.165) is 36.8 Å². The number of carbonyl (C=O) groups is 1. The highest BCUT2D eigenvalue weighted by Gasteiger charge is 2.47. The summed E-state index contributed by atoms with van der Waals surface area (Å²) in [5.74, 6) is 0.0466. The number of benzene rings is 2. The van der Waals surface area contributed by atoms with Crippen LogP contribution >= 0.6 is 11.6 Å². The van der Waals surface area contributed by atoms with Crippen LogP contribution in [0.25, 0.3) is 0 Å². The molecule has 0 saturated heterocycles. The average Bonchev–Trinajstić information content (AvgIpc) is 2.95. The fraction of sp³-hybridized carbons (Fsp3) is 0.440. The molecule has 1 aliphatic carbocycles. The first kappa shape index (κ1) is 20.2. The topological polar surface area (TPSA) is 32.7 Å². The summed E-state index contributed by atoms with van der Waals surface area (Å²) in [6, 6.07) is 16.1. The standard InChI is InChI=1S/C25H29ClN2O/c1-24(2,3)20-11-9-19(10-12-20)22-23(29)28(17-18-7-13-21(26)14-8-18)25(27-22)15-5-4-6-16-25/h7-14H,4-6,15-17H2,1-3H3. The maximum absolute atomic E-state index is 13.5. The predicted molar refractivity (Wildman–Crippen MR) is 119 cm³/mol. The van der Waals surface area contributed by atoms with Gasteiger partial charge in [-0.25, -0.2) is 0 Å². The molecule has 0 atom stereocenters. The molecule has 0 unspecified atom stereocenters. The number of aliphatic imine (C=N–C) groups is 1. The van der Waals surface area contributed by atoms with Gasteiger partial charge in [-0.2, -0.15) is 0 Å². The van der Waals surface area contributed by atoms with Gasteiger partial charge in [0.15, 0.2) is 0 Å². The van der Waals surface area contributed by atoms with Gasteiger partial charge in [0, 0.05) is 17.1 Å². The Morgan fingerprint density at radius 3 is 2.17 bits per heavy atom. The molecular formula is C25H29ClN2O. The van der Waals surface area contributed by atoms with Crippen molar-refractivity contribution in [2.45, 2.75) is 70.5 Å². The van der Waals surface area contributed by atoms with Crippen LogP contribution in [0.2, 0.25) is 5.02 Å². The van der Waals surface area contributed by atoms with Gasteiger partial charge in [0.25, 0.3) is 5.91 Å². The van der Waals surface area contributed by atoms with Crippen molar-refractivity contribution in [2.75, 3.05) is 0 Å². The Morgan fingerprint density at radius 2 is 1.59 bits per heavy atom. The van der Waals surface area contributed by atoms with Crippen LogP contribution in [0.15, 0.2) is 53.5 Å². The number of hydrogen-bond acceptors (Lipinski definition) is 2. The zero-order valence-corrected chi connectivity index (χ0v) is 18.3. The zero-order valence-electron chi connectivity index (χ0n) is 17.5. The third-order valence-corrected chi connectivity index (χ3v) is 6.45. The Kier molecular flexibility index (Phi) is 5.29. The van der Waals surface area contributed by atoms with Gasteiger partial charge in [0.1, 0.15) is 11.4 Å². The molecule has 0 aromatic heterocycles. The summed E-state index contributed by atoms with van der Waals surface area (Å²) in [5.41, 5.74) is 3.58. The fourth-order valence-electron chi connectivity index (χ4n) is 4.44. The zero-order chi connectivity index (χ0) is 20.6. The van der Waals surface area contributed by atoms with E-state index in [4.69, 9.17) is 16.6 Å². The van der Waals surface area contributed by atoms with Crippen molar-refractivity contribution in [3.05, 3.63) is 70.2 Å². The van der Waals surface area contributed by atoms with Crippen molar-refractivity contribution in [2.24, 2.45) is 4.99 Å². The minimum absolute atomic E-state index is 0.0466. The smallest absolute Gasteiger partial charge is 0.274 e. The van der Waals surface area contributed by atoms with Crippen LogP contribution in [0.4, 0.5) is 0 Å². The van der Waals surface area contributed by atoms with E-state index in [-0.39, 0.29) is 11.3 Å². The summed E-state index contributed by atoms with van der Waals surface area (Å²) in [6.45, 7) is 7.17. The van der Waals surface area contributed by atoms with E-state index in [1.807, 2.05) is 29.2 Å². The summed E-state index contributed by atoms with van der Waals surface area (Å²) >= 11 is 6.04. The second kappa shape index (κ2) is 7.60. The molecule has 4 rings (SSSR count). The first-order valence-corrected chi connectivity index (χ1v) is 10.9. The molecule has 152 valence electrons. The van der Waals surface area contributed by atoms with E-state index in [9.17, 15) is 4.79 Å². The van der Waals surface area contributed by atoms with Crippen LogP contribution in [-0.2, 0) is 16.8 Å². The molecule has 0 radical (unpaired) electrons. The molecule has 0 N–H and O–H groups in total. The lowest BCUT2D eigenvalue weighted by Crippen LogP contribution is -2.47. The molecule has 2 aliphatic rings. The van der Waals surface area contributed by atoms with E-state index in [1.54, 1.807) is 0 Å². The molecule has 2 aromatic carbocycles. The summed E-state index contributed by atoms with van der Waals surface area (Å²) in [4.78, 5) is 20.6. The number of halogens is 1. The highest BCUT2D eigenvalue weighted by atomic mass is 35.5. The molecule has 1 spiro atoms. The third-order valence-electron chi connectivity index (χ3n) is 6.20. The molecule has 0 bridgehead atoms. The molecule has 1 heterocycles. The fourth-order valence-corrected chi connectivity index (χ4v) is 4.57. The monoisotopic (exact) mass is 408 g/mol. The van der Waals surface area contributed by atoms with Crippen molar-refractivity contribution in [3.8, 4) is 0 Å². The SMILES string of the molecule is CC(C)(C)c1ccc(C2=NC3(CCCCC3)N(Cc3ccc(Cl)cc3)C2=O)cc1. The minimum atomic E-state index is -0.396. The third kappa shape index (κ3) is 3.98. The molecule has 2 aromatic rings. The Morgan fingerprint density at radius 1 is 0.966 bits per heavy atom. The quantitative estimate of drug-likeness (QED) is 0.601. The highest BCUT2D eigenvalue weighted by Crippen LogP contribution is 2.40. The molecule has 29 heavy (non-hydrogen) atoms. The van der Waals surface area contributed by atoms with Gasteiger partial charge in [-0.3, -0.25) is 9.79 Å².